The molecule has 142 valence electrons. The second-order valence-corrected chi connectivity index (χ2v) is 6.32. The molecule has 0 fully saturated rings. The molecule has 0 spiro atoms. The first-order valence-corrected chi connectivity index (χ1v) is 8.72. The van der Waals surface area contributed by atoms with Crippen molar-refractivity contribution in [3.05, 3.63) is 89.0 Å². The van der Waals surface area contributed by atoms with Crippen LogP contribution in [0.2, 0.25) is 0 Å². The zero-order chi connectivity index (χ0) is 20.1. The van der Waals surface area contributed by atoms with Crippen LogP contribution < -0.4 is 14.2 Å². The molecule has 0 N–H and O–H groups in total. The van der Waals surface area contributed by atoms with Crippen molar-refractivity contribution in [2.75, 3.05) is 7.11 Å². The second-order valence-electron chi connectivity index (χ2n) is 6.32. The van der Waals surface area contributed by atoms with Crippen LogP contribution in [0.5, 0.6) is 17.2 Å². The van der Waals surface area contributed by atoms with Gasteiger partial charge >= 0.3 is 11.9 Å². The molecule has 3 aromatic carbocycles. The highest BCUT2D eigenvalue weighted by atomic mass is 16.6. The highest BCUT2D eigenvalue weighted by Gasteiger charge is 2.15. The smallest absolute Gasteiger partial charge is 0.343 e. The molecule has 0 amide bonds. The van der Waals surface area contributed by atoms with E-state index in [-0.39, 0.29) is 17.2 Å². The first-order valence-electron chi connectivity index (χ1n) is 8.72. The minimum Gasteiger partial charge on any atom is -0.493 e. The SMILES string of the molecule is COc1cc(OC(=O)c2ccc(C)cc2)ccc1OC(=O)c1ccc(C)cc1. The molecule has 0 bridgehead atoms. The van der Waals surface area contributed by atoms with Crippen molar-refractivity contribution >= 4 is 11.9 Å². The van der Waals surface area contributed by atoms with E-state index in [1.807, 2.05) is 38.1 Å². The van der Waals surface area contributed by atoms with Gasteiger partial charge in [-0.05, 0) is 50.2 Å². The second kappa shape index (κ2) is 8.39. The van der Waals surface area contributed by atoms with Crippen molar-refractivity contribution in [3.8, 4) is 17.2 Å². The average Bonchev–Trinajstić information content (AvgIpc) is 2.70. The van der Waals surface area contributed by atoms with Crippen molar-refractivity contribution in [2.45, 2.75) is 13.8 Å². The van der Waals surface area contributed by atoms with Crippen molar-refractivity contribution in [1.29, 1.82) is 0 Å². The molecular weight excluding hydrogens is 356 g/mol. The molecule has 0 radical (unpaired) electrons. The van der Waals surface area contributed by atoms with E-state index in [0.717, 1.165) is 11.1 Å². The zero-order valence-corrected chi connectivity index (χ0v) is 15.9. The first kappa shape index (κ1) is 19.2. The number of aryl methyl sites for hydroxylation is 2. The Hall–Kier alpha value is -3.60. The summed E-state index contributed by atoms with van der Waals surface area (Å²) in [4.78, 5) is 24.6. The van der Waals surface area contributed by atoms with Crippen LogP contribution in [-0.4, -0.2) is 19.0 Å². The van der Waals surface area contributed by atoms with Gasteiger partial charge in [0.05, 0.1) is 18.2 Å². The van der Waals surface area contributed by atoms with Gasteiger partial charge in [-0.15, -0.1) is 0 Å². The van der Waals surface area contributed by atoms with Crippen LogP contribution in [0.1, 0.15) is 31.8 Å². The standard InChI is InChI=1S/C23H20O5/c1-15-4-8-17(9-5-15)22(24)27-19-12-13-20(21(14-19)26-3)28-23(25)18-10-6-16(2)7-11-18/h4-14H,1-3H3. The van der Waals surface area contributed by atoms with Gasteiger partial charge in [-0.3, -0.25) is 0 Å². The largest absolute Gasteiger partial charge is 0.493 e. The van der Waals surface area contributed by atoms with Crippen molar-refractivity contribution in [1.82, 2.24) is 0 Å². The fraction of sp³-hybridized carbons (Fsp3) is 0.130. The summed E-state index contributed by atoms with van der Waals surface area (Å²) in [6, 6.07) is 18.7. The molecule has 0 aliphatic heterocycles. The summed E-state index contributed by atoms with van der Waals surface area (Å²) in [5.41, 5.74) is 2.98. The van der Waals surface area contributed by atoms with E-state index >= 15 is 0 Å². The maximum Gasteiger partial charge on any atom is 0.343 e. The molecule has 0 aliphatic carbocycles. The summed E-state index contributed by atoms with van der Waals surface area (Å²) in [6.45, 7) is 3.88. The lowest BCUT2D eigenvalue weighted by molar-refractivity contribution is 0.0715. The monoisotopic (exact) mass is 376 g/mol. The lowest BCUT2D eigenvalue weighted by Gasteiger charge is -2.11. The molecule has 3 aromatic rings. The Labute approximate surface area is 163 Å². The Kier molecular flexibility index (Phi) is 5.75. The van der Waals surface area contributed by atoms with E-state index in [9.17, 15) is 9.59 Å². The van der Waals surface area contributed by atoms with Gasteiger partial charge in [-0.25, -0.2) is 9.59 Å². The maximum atomic E-state index is 12.3. The lowest BCUT2D eigenvalue weighted by atomic mass is 10.1. The highest BCUT2D eigenvalue weighted by Crippen LogP contribution is 2.32. The van der Waals surface area contributed by atoms with E-state index in [1.165, 1.54) is 19.2 Å². The third-order valence-electron chi connectivity index (χ3n) is 4.12. The molecule has 0 unspecified atom stereocenters. The highest BCUT2D eigenvalue weighted by molar-refractivity contribution is 5.92. The summed E-state index contributed by atoms with van der Waals surface area (Å²) in [5, 5.41) is 0. The van der Waals surface area contributed by atoms with Crippen LogP contribution in [-0.2, 0) is 0 Å². The molecule has 0 heterocycles. The Morgan fingerprint density at radius 2 is 1.14 bits per heavy atom. The Bertz CT molecular complexity index is 989. The fourth-order valence-corrected chi connectivity index (χ4v) is 2.50. The number of hydrogen-bond acceptors (Lipinski definition) is 5. The number of carbonyl (C=O) groups excluding carboxylic acids is 2. The van der Waals surface area contributed by atoms with Crippen LogP contribution in [0.3, 0.4) is 0 Å². The van der Waals surface area contributed by atoms with E-state index < -0.39 is 11.9 Å². The van der Waals surface area contributed by atoms with Gasteiger partial charge in [0.15, 0.2) is 11.5 Å². The van der Waals surface area contributed by atoms with Gasteiger partial charge in [-0.2, -0.15) is 0 Å². The number of methoxy groups -OCH3 is 1. The van der Waals surface area contributed by atoms with Gasteiger partial charge in [0.25, 0.3) is 0 Å². The molecule has 0 atom stereocenters. The van der Waals surface area contributed by atoms with Crippen LogP contribution >= 0.6 is 0 Å². The molecule has 3 rings (SSSR count). The molecule has 5 heteroatoms. The summed E-state index contributed by atoms with van der Waals surface area (Å²) in [7, 11) is 1.45. The Morgan fingerprint density at radius 1 is 0.643 bits per heavy atom. The zero-order valence-electron chi connectivity index (χ0n) is 15.9. The van der Waals surface area contributed by atoms with E-state index in [2.05, 4.69) is 0 Å². The fourth-order valence-electron chi connectivity index (χ4n) is 2.50. The van der Waals surface area contributed by atoms with E-state index in [0.29, 0.717) is 11.1 Å². The third-order valence-corrected chi connectivity index (χ3v) is 4.12. The maximum absolute atomic E-state index is 12.3. The Balaban J connectivity index is 1.74. The van der Waals surface area contributed by atoms with Crippen molar-refractivity contribution in [2.24, 2.45) is 0 Å². The van der Waals surface area contributed by atoms with Crippen molar-refractivity contribution < 1.29 is 23.8 Å². The van der Waals surface area contributed by atoms with Crippen LogP contribution in [0.25, 0.3) is 0 Å². The topological polar surface area (TPSA) is 61.8 Å². The first-order chi connectivity index (χ1) is 13.5. The summed E-state index contributed by atoms with van der Waals surface area (Å²) in [6.07, 6.45) is 0. The minimum atomic E-state index is -0.497. The van der Waals surface area contributed by atoms with Gasteiger partial charge < -0.3 is 14.2 Å². The van der Waals surface area contributed by atoms with Crippen LogP contribution in [0.15, 0.2) is 66.7 Å². The summed E-state index contributed by atoms with van der Waals surface area (Å²) in [5.74, 6) is -0.162. The molecule has 0 aliphatic rings. The number of benzene rings is 3. The van der Waals surface area contributed by atoms with E-state index in [4.69, 9.17) is 14.2 Å². The van der Waals surface area contributed by atoms with Gasteiger partial charge in [0.1, 0.15) is 5.75 Å². The summed E-state index contributed by atoms with van der Waals surface area (Å²) < 4.78 is 16.1. The normalized spacial score (nSPS) is 10.2. The minimum absolute atomic E-state index is 0.239. The van der Waals surface area contributed by atoms with Gasteiger partial charge in [0.2, 0.25) is 0 Å². The number of rotatable bonds is 5. The number of carbonyl (C=O) groups is 2. The lowest BCUT2D eigenvalue weighted by Crippen LogP contribution is -2.10. The van der Waals surface area contributed by atoms with Gasteiger partial charge in [-0.1, -0.05) is 35.4 Å². The molecule has 0 aromatic heterocycles. The quantitative estimate of drug-likeness (QED) is 0.475. The van der Waals surface area contributed by atoms with Crippen molar-refractivity contribution in [3.63, 3.8) is 0 Å². The van der Waals surface area contributed by atoms with E-state index in [1.54, 1.807) is 30.3 Å². The van der Waals surface area contributed by atoms with Crippen LogP contribution in [0, 0.1) is 13.8 Å². The van der Waals surface area contributed by atoms with Gasteiger partial charge in [0, 0.05) is 6.07 Å². The number of esters is 2. The summed E-state index contributed by atoms with van der Waals surface area (Å²) >= 11 is 0. The predicted molar refractivity (Wildman–Crippen MR) is 105 cm³/mol. The Morgan fingerprint density at radius 3 is 1.64 bits per heavy atom. The molecule has 5 nitrogen and oxygen atoms in total. The predicted octanol–water partition coefficient (Wildman–Crippen LogP) is 4.75. The number of ether oxygens (including phenoxy) is 3. The molecule has 28 heavy (non-hydrogen) atoms. The third kappa shape index (κ3) is 4.57. The average molecular weight is 376 g/mol. The molecular formula is C23H20O5. The molecule has 0 saturated heterocycles. The molecule has 0 saturated carbocycles. The van der Waals surface area contributed by atoms with Crippen LogP contribution in [0.4, 0.5) is 0 Å². The number of hydrogen-bond donors (Lipinski definition) is 0.